The summed E-state index contributed by atoms with van der Waals surface area (Å²) in [5.41, 5.74) is 0.979. The van der Waals surface area contributed by atoms with Crippen LogP contribution in [0.2, 0.25) is 0 Å². The third-order valence-corrected chi connectivity index (χ3v) is 6.74. The van der Waals surface area contributed by atoms with Crippen LogP contribution in [-0.2, 0) is 19.0 Å². The van der Waals surface area contributed by atoms with Gasteiger partial charge in [0.2, 0.25) is 0 Å². The molecule has 1 aromatic carbocycles. The molecular weight excluding hydrogens is 366 g/mol. The monoisotopic (exact) mass is 395 g/mol. The van der Waals surface area contributed by atoms with Crippen molar-refractivity contribution in [2.45, 2.75) is 87.9 Å². The minimum Gasteiger partial charge on any atom is -0.443 e. The van der Waals surface area contributed by atoms with Gasteiger partial charge in [-0.1, -0.05) is 43.4 Å². The molecule has 150 valence electrons. The summed E-state index contributed by atoms with van der Waals surface area (Å²) >= 11 is 0. The zero-order valence-corrected chi connectivity index (χ0v) is 16.7. The number of carbonyl (C=O) groups is 1. The summed E-state index contributed by atoms with van der Waals surface area (Å²) in [5.74, 6) is 0. The Hall–Kier alpha value is -1.60. The van der Waals surface area contributed by atoms with Crippen LogP contribution in [0.3, 0.4) is 0 Å². The normalized spacial score (nSPS) is 24.3. The largest absolute Gasteiger partial charge is 0.443 e. The van der Waals surface area contributed by atoms with E-state index in [9.17, 15) is 13.2 Å². The number of amides is 1. The fourth-order valence-corrected chi connectivity index (χ4v) is 4.94. The Morgan fingerprint density at radius 1 is 0.926 bits per heavy atom. The van der Waals surface area contributed by atoms with Crippen molar-refractivity contribution in [3.8, 4) is 0 Å². The van der Waals surface area contributed by atoms with Crippen LogP contribution in [0.4, 0.5) is 4.79 Å². The molecule has 2 saturated carbocycles. The molecule has 1 N–H and O–H groups in total. The van der Waals surface area contributed by atoms with Crippen molar-refractivity contribution >= 4 is 16.2 Å². The second kappa shape index (κ2) is 9.06. The van der Waals surface area contributed by atoms with Gasteiger partial charge < -0.3 is 10.1 Å². The van der Waals surface area contributed by atoms with Gasteiger partial charge in [-0.05, 0) is 51.2 Å². The third-order valence-electron chi connectivity index (χ3n) is 5.39. The summed E-state index contributed by atoms with van der Waals surface area (Å²) in [6.07, 6.45) is 6.69. The van der Waals surface area contributed by atoms with E-state index in [1.54, 1.807) is 24.3 Å². The average Bonchev–Trinajstić information content (AvgIpc) is 2.64. The molecule has 0 heterocycles. The van der Waals surface area contributed by atoms with Gasteiger partial charge in [-0.2, -0.15) is 8.42 Å². The van der Waals surface area contributed by atoms with Crippen molar-refractivity contribution in [2.75, 3.05) is 0 Å². The van der Waals surface area contributed by atoms with Crippen molar-refractivity contribution in [3.05, 3.63) is 29.8 Å². The lowest BCUT2D eigenvalue weighted by molar-refractivity contribution is -0.00674. The summed E-state index contributed by atoms with van der Waals surface area (Å²) < 4.78 is 36.2. The number of hydrogen-bond donors (Lipinski definition) is 1. The molecule has 27 heavy (non-hydrogen) atoms. The Bertz CT molecular complexity index is 725. The second-order valence-corrected chi connectivity index (χ2v) is 9.18. The molecule has 2 aliphatic carbocycles. The van der Waals surface area contributed by atoms with E-state index in [1.807, 2.05) is 6.92 Å². The fourth-order valence-electron chi connectivity index (χ4n) is 3.82. The third kappa shape index (κ3) is 5.69. The lowest BCUT2D eigenvalue weighted by Crippen LogP contribution is -2.43. The van der Waals surface area contributed by atoms with Gasteiger partial charge in [0.05, 0.1) is 4.90 Å². The molecule has 1 amide bonds. The fraction of sp³-hybridized carbons (Fsp3) is 0.650. The molecule has 0 aromatic heterocycles. The number of benzene rings is 1. The number of carbonyl (C=O) groups excluding carboxylic acids is 1. The Labute approximate surface area is 161 Å². The molecule has 0 bridgehead atoms. The zero-order chi connectivity index (χ0) is 19.3. The lowest BCUT2D eigenvalue weighted by Gasteiger charge is -2.31. The smallest absolute Gasteiger partial charge is 0.407 e. The molecule has 0 radical (unpaired) electrons. The first-order valence-corrected chi connectivity index (χ1v) is 11.3. The average molecular weight is 396 g/mol. The molecule has 0 spiro atoms. The molecule has 7 heteroatoms. The number of ether oxygens (including phenoxy) is 1. The van der Waals surface area contributed by atoms with Crippen LogP contribution in [0.15, 0.2) is 29.2 Å². The molecule has 6 nitrogen and oxygen atoms in total. The van der Waals surface area contributed by atoms with Gasteiger partial charge >= 0.3 is 6.09 Å². The molecule has 0 saturated heterocycles. The molecule has 2 unspecified atom stereocenters. The molecule has 2 fully saturated rings. The summed E-state index contributed by atoms with van der Waals surface area (Å²) in [6.45, 7) is 1.90. The van der Waals surface area contributed by atoms with Gasteiger partial charge in [-0.3, -0.25) is 4.18 Å². The Morgan fingerprint density at radius 2 is 1.52 bits per heavy atom. The van der Waals surface area contributed by atoms with E-state index in [0.29, 0.717) is 12.8 Å². The van der Waals surface area contributed by atoms with E-state index in [1.165, 1.54) is 6.42 Å². The Morgan fingerprint density at radius 3 is 2.19 bits per heavy atom. The van der Waals surface area contributed by atoms with Crippen molar-refractivity contribution < 1.29 is 22.1 Å². The van der Waals surface area contributed by atoms with E-state index in [2.05, 4.69) is 5.32 Å². The molecule has 2 aliphatic rings. The number of nitrogens with one attached hydrogen (secondary N) is 1. The number of aryl methyl sites for hydroxylation is 1. The summed E-state index contributed by atoms with van der Waals surface area (Å²) in [5, 5.41) is 2.92. The first kappa shape index (κ1) is 20.1. The van der Waals surface area contributed by atoms with Gasteiger partial charge in [0, 0.05) is 6.04 Å². The quantitative estimate of drug-likeness (QED) is 0.760. The van der Waals surface area contributed by atoms with Crippen molar-refractivity contribution in [3.63, 3.8) is 0 Å². The highest BCUT2D eigenvalue weighted by molar-refractivity contribution is 7.86. The van der Waals surface area contributed by atoms with Crippen LogP contribution < -0.4 is 5.32 Å². The van der Waals surface area contributed by atoms with Crippen LogP contribution in [0, 0.1) is 6.92 Å². The van der Waals surface area contributed by atoms with Gasteiger partial charge in [-0.25, -0.2) is 4.79 Å². The van der Waals surface area contributed by atoms with Crippen LogP contribution >= 0.6 is 0 Å². The molecule has 2 atom stereocenters. The highest BCUT2D eigenvalue weighted by atomic mass is 32.2. The van der Waals surface area contributed by atoms with Gasteiger partial charge in [-0.15, -0.1) is 0 Å². The SMILES string of the molecule is Cc1ccc(S(=O)(=O)OC2CCCCC2OC(=O)NC2CCCCC2)cc1. The second-order valence-electron chi connectivity index (χ2n) is 7.61. The maximum atomic E-state index is 12.6. The molecule has 3 rings (SSSR count). The van der Waals surface area contributed by atoms with E-state index in [0.717, 1.165) is 44.1 Å². The first-order valence-electron chi connectivity index (χ1n) is 9.91. The predicted octanol–water partition coefficient (Wildman–Crippen LogP) is 4.07. The summed E-state index contributed by atoms with van der Waals surface area (Å²) in [7, 11) is -3.88. The number of rotatable bonds is 5. The maximum Gasteiger partial charge on any atom is 0.407 e. The standard InChI is InChI=1S/C20H29NO5S/c1-15-11-13-17(14-12-15)27(23,24)26-19-10-6-5-9-18(19)25-20(22)21-16-7-3-2-4-8-16/h11-14,16,18-19H,2-10H2,1H3,(H,21,22). The van der Waals surface area contributed by atoms with Gasteiger partial charge in [0.25, 0.3) is 10.1 Å². The van der Waals surface area contributed by atoms with E-state index in [4.69, 9.17) is 8.92 Å². The minimum atomic E-state index is -3.88. The van der Waals surface area contributed by atoms with Gasteiger partial charge in [0.1, 0.15) is 12.2 Å². The summed E-state index contributed by atoms with van der Waals surface area (Å²) in [6, 6.07) is 6.72. The topological polar surface area (TPSA) is 81.7 Å². The van der Waals surface area contributed by atoms with Crippen LogP contribution in [-0.4, -0.2) is 32.8 Å². The van der Waals surface area contributed by atoms with E-state index in [-0.39, 0.29) is 10.9 Å². The van der Waals surface area contributed by atoms with E-state index < -0.39 is 28.4 Å². The highest BCUT2D eigenvalue weighted by Gasteiger charge is 2.34. The Balaban J connectivity index is 1.60. The summed E-state index contributed by atoms with van der Waals surface area (Å²) in [4.78, 5) is 12.4. The van der Waals surface area contributed by atoms with Crippen molar-refractivity contribution in [2.24, 2.45) is 0 Å². The minimum absolute atomic E-state index is 0.129. The van der Waals surface area contributed by atoms with Crippen molar-refractivity contribution in [1.29, 1.82) is 0 Å². The number of alkyl carbamates (subject to hydrolysis) is 1. The van der Waals surface area contributed by atoms with Crippen LogP contribution in [0.1, 0.15) is 63.4 Å². The molecule has 0 aliphatic heterocycles. The van der Waals surface area contributed by atoms with E-state index >= 15 is 0 Å². The predicted molar refractivity (Wildman–Crippen MR) is 102 cm³/mol. The van der Waals surface area contributed by atoms with Crippen molar-refractivity contribution in [1.82, 2.24) is 5.32 Å². The molecule has 1 aromatic rings. The van der Waals surface area contributed by atoms with Gasteiger partial charge in [0.15, 0.2) is 0 Å². The van der Waals surface area contributed by atoms with Crippen LogP contribution in [0.5, 0.6) is 0 Å². The zero-order valence-electron chi connectivity index (χ0n) is 15.9. The first-order chi connectivity index (χ1) is 12.9. The maximum absolute atomic E-state index is 12.6. The highest BCUT2D eigenvalue weighted by Crippen LogP contribution is 2.28. The van der Waals surface area contributed by atoms with Crippen LogP contribution in [0.25, 0.3) is 0 Å². The Kier molecular flexibility index (Phi) is 6.76. The molecular formula is C20H29NO5S. The number of hydrogen-bond acceptors (Lipinski definition) is 5. The lowest BCUT2D eigenvalue weighted by atomic mass is 9.95.